The van der Waals surface area contributed by atoms with Crippen LogP contribution < -0.4 is 10.6 Å². The van der Waals surface area contributed by atoms with Crippen molar-refractivity contribution in [3.8, 4) is 0 Å². The minimum absolute atomic E-state index is 0.147. The van der Waals surface area contributed by atoms with Crippen molar-refractivity contribution < 1.29 is 5.11 Å². The number of nitrogens with one attached hydrogen (secondary N) is 2. The smallest absolute Gasteiger partial charge is 0.128 e. The molecule has 0 spiro atoms. The standard InChI is InChI=1S/C12H19N3O/c1-13-11-7-4-8-12(15-11)14-9-5-2-3-6-10(9)16/h4,7-10,16H,2-3,5-6H2,1H3,(H2,13,14,15). The number of aromatic nitrogens is 1. The molecule has 2 atom stereocenters. The van der Waals surface area contributed by atoms with E-state index < -0.39 is 0 Å². The van der Waals surface area contributed by atoms with Gasteiger partial charge < -0.3 is 15.7 Å². The van der Waals surface area contributed by atoms with Gasteiger partial charge >= 0.3 is 0 Å². The summed E-state index contributed by atoms with van der Waals surface area (Å²) < 4.78 is 0. The third kappa shape index (κ3) is 2.64. The summed E-state index contributed by atoms with van der Waals surface area (Å²) in [5.41, 5.74) is 0. The van der Waals surface area contributed by atoms with Crippen LogP contribution in [-0.4, -0.2) is 29.3 Å². The summed E-state index contributed by atoms with van der Waals surface area (Å²) in [6.45, 7) is 0. The molecule has 1 aliphatic rings. The SMILES string of the molecule is CNc1cccc(NC2CCCCC2O)n1. The van der Waals surface area contributed by atoms with Crippen LogP contribution in [0.5, 0.6) is 0 Å². The fourth-order valence-corrected chi connectivity index (χ4v) is 2.12. The minimum atomic E-state index is -0.242. The van der Waals surface area contributed by atoms with Crippen molar-refractivity contribution in [2.24, 2.45) is 0 Å². The zero-order chi connectivity index (χ0) is 11.4. The Morgan fingerprint density at radius 1 is 1.25 bits per heavy atom. The molecule has 0 amide bonds. The molecular weight excluding hydrogens is 202 g/mol. The van der Waals surface area contributed by atoms with Gasteiger partial charge in [-0.1, -0.05) is 18.9 Å². The van der Waals surface area contributed by atoms with Gasteiger partial charge in [-0.05, 0) is 25.0 Å². The topological polar surface area (TPSA) is 57.2 Å². The maximum atomic E-state index is 9.85. The quantitative estimate of drug-likeness (QED) is 0.729. The molecule has 1 saturated carbocycles. The van der Waals surface area contributed by atoms with E-state index in [2.05, 4.69) is 15.6 Å². The molecule has 0 aromatic carbocycles. The van der Waals surface area contributed by atoms with Crippen LogP contribution in [0.1, 0.15) is 25.7 Å². The molecular formula is C12H19N3O. The number of aliphatic hydroxyl groups excluding tert-OH is 1. The second-order valence-corrected chi connectivity index (χ2v) is 4.26. The highest BCUT2D eigenvalue weighted by molar-refractivity contribution is 5.45. The molecule has 0 bridgehead atoms. The fourth-order valence-electron chi connectivity index (χ4n) is 2.12. The maximum absolute atomic E-state index is 9.85. The Kier molecular flexibility index (Phi) is 3.62. The molecule has 88 valence electrons. The van der Waals surface area contributed by atoms with E-state index in [4.69, 9.17) is 0 Å². The molecule has 1 aromatic rings. The molecule has 0 radical (unpaired) electrons. The Morgan fingerprint density at radius 3 is 2.75 bits per heavy atom. The van der Waals surface area contributed by atoms with E-state index in [-0.39, 0.29) is 12.1 Å². The van der Waals surface area contributed by atoms with Crippen molar-refractivity contribution in [1.29, 1.82) is 0 Å². The van der Waals surface area contributed by atoms with Gasteiger partial charge in [-0.25, -0.2) is 4.98 Å². The Bertz CT molecular complexity index is 343. The van der Waals surface area contributed by atoms with E-state index in [0.717, 1.165) is 30.9 Å². The molecule has 0 saturated heterocycles. The van der Waals surface area contributed by atoms with Gasteiger partial charge in [-0.2, -0.15) is 0 Å². The number of rotatable bonds is 3. The van der Waals surface area contributed by atoms with Crippen LogP contribution in [0.2, 0.25) is 0 Å². The normalized spacial score (nSPS) is 25.1. The highest BCUT2D eigenvalue weighted by Crippen LogP contribution is 2.21. The molecule has 1 aliphatic carbocycles. The molecule has 0 aliphatic heterocycles. The van der Waals surface area contributed by atoms with Crippen molar-refractivity contribution in [2.45, 2.75) is 37.8 Å². The average molecular weight is 221 g/mol. The Hall–Kier alpha value is -1.29. The largest absolute Gasteiger partial charge is 0.391 e. The Morgan fingerprint density at radius 2 is 2.00 bits per heavy atom. The summed E-state index contributed by atoms with van der Waals surface area (Å²) in [5.74, 6) is 1.67. The lowest BCUT2D eigenvalue weighted by atomic mass is 9.92. The maximum Gasteiger partial charge on any atom is 0.128 e. The minimum Gasteiger partial charge on any atom is -0.391 e. The third-order valence-electron chi connectivity index (χ3n) is 3.07. The molecule has 4 nitrogen and oxygen atoms in total. The fraction of sp³-hybridized carbons (Fsp3) is 0.583. The van der Waals surface area contributed by atoms with Gasteiger partial charge in [0.2, 0.25) is 0 Å². The lowest BCUT2D eigenvalue weighted by Crippen LogP contribution is -2.36. The Balaban J connectivity index is 2.01. The third-order valence-corrected chi connectivity index (χ3v) is 3.07. The summed E-state index contributed by atoms with van der Waals surface area (Å²) >= 11 is 0. The summed E-state index contributed by atoms with van der Waals surface area (Å²) in [7, 11) is 1.85. The first kappa shape index (κ1) is 11.2. The summed E-state index contributed by atoms with van der Waals surface area (Å²) in [6.07, 6.45) is 3.98. The van der Waals surface area contributed by atoms with Crippen LogP contribution in [0.4, 0.5) is 11.6 Å². The second kappa shape index (κ2) is 5.16. The number of nitrogens with zero attached hydrogens (tertiary/aromatic N) is 1. The average Bonchev–Trinajstić information content (AvgIpc) is 2.32. The number of hydrogen-bond donors (Lipinski definition) is 3. The van der Waals surface area contributed by atoms with Gasteiger partial charge in [0.25, 0.3) is 0 Å². The molecule has 1 fully saturated rings. The number of aliphatic hydroxyl groups is 1. The second-order valence-electron chi connectivity index (χ2n) is 4.26. The van der Waals surface area contributed by atoms with Gasteiger partial charge in [0.05, 0.1) is 12.1 Å². The van der Waals surface area contributed by atoms with E-state index in [1.807, 2.05) is 25.2 Å². The number of anilines is 2. The van der Waals surface area contributed by atoms with Gasteiger partial charge in [-0.3, -0.25) is 0 Å². The van der Waals surface area contributed by atoms with E-state index in [0.29, 0.717) is 0 Å². The monoisotopic (exact) mass is 221 g/mol. The lowest BCUT2D eigenvalue weighted by Gasteiger charge is -2.28. The van der Waals surface area contributed by atoms with Crippen molar-refractivity contribution >= 4 is 11.6 Å². The lowest BCUT2D eigenvalue weighted by molar-refractivity contribution is 0.116. The molecule has 1 aromatic heterocycles. The zero-order valence-corrected chi connectivity index (χ0v) is 9.61. The number of pyridine rings is 1. The number of hydrogen-bond acceptors (Lipinski definition) is 4. The van der Waals surface area contributed by atoms with Gasteiger partial charge in [0.1, 0.15) is 11.6 Å². The summed E-state index contributed by atoms with van der Waals surface area (Å²) in [5, 5.41) is 16.2. The van der Waals surface area contributed by atoms with E-state index in [1.54, 1.807) is 0 Å². The summed E-state index contributed by atoms with van der Waals surface area (Å²) in [6, 6.07) is 5.95. The predicted octanol–water partition coefficient (Wildman–Crippen LogP) is 1.84. The van der Waals surface area contributed by atoms with Gasteiger partial charge in [0.15, 0.2) is 0 Å². The van der Waals surface area contributed by atoms with E-state index >= 15 is 0 Å². The van der Waals surface area contributed by atoms with Gasteiger partial charge in [0, 0.05) is 7.05 Å². The predicted molar refractivity (Wildman–Crippen MR) is 65.7 cm³/mol. The van der Waals surface area contributed by atoms with Crippen LogP contribution in [0.3, 0.4) is 0 Å². The Labute approximate surface area is 96.1 Å². The van der Waals surface area contributed by atoms with Gasteiger partial charge in [-0.15, -0.1) is 0 Å². The molecule has 4 heteroatoms. The first-order valence-corrected chi connectivity index (χ1v) is 5.89. The molecule has 3 N–H and O–H groups in total. The summed E-state index contributed by atoms with van der Waals surface area (Å²) in [4.78, 5) is 4.39. The molecule has 1 heterocycles. The molecule has 16 heavy (non-hydrogen) atoms. The van der Waals surface area contributed by atoms with Crippen LogP contribution >= 0.6 is 0 Å². The van der Waals surface area contributed by atoms with E-state index in [1.165, 1.54) is 6.42 Å². The van der Waals surface area contributed by atoms with Crippen molar-refractivity contribution in [1.82, 2.24) is 4.98 Å². The van der Waals surface area contributed by atoms with Crippen molar-refractivity contribution in [2.75, 3.05) is 17.7 Å². The molecule has 2 rings (SSSR count). The highest BCUT2D eigenvalue weighted by Gasteiger charge is 2.22. The molecule has 2 unspecified atom stereocenters. The van der Waals surface area contributed by atoms with Crippen LogP contribution in [0.15, 0.2) is 18.2 Å². The zero-order valence-electron chi connectivity index (χ0n) is 9.61. The van der Waals surface area contributed by atoms with E-state index in [9.17, 15) is 5.11 Å². The van der Waals surface area contributed by atoms with Crippen molar-refractivity contribution in [3.05, 3.63) is 18.2 Å². The highest BCUT2D eigenvalue weighted by atomic mass is 16.3. The first-order chi connectivity index (χ1) is 7.79. The first-order valence-electron chi connectivity index (χ1n) is 5.89. The van der Waals surface area contributed by atoms with Crippen LogP contribution in [0, 0.1) is 0 Å². The van der Waals surface area contributed by atoms with Crippen LogP contribution in [-0.2, 0) is 0 Å². The van der Waals surface area contributed by atoms with Crippen molar-refractivity contribution in [3.63, 3.8) is 0 Å². The van der Waals surface area contributed by atoms with Crippen LogP contribution in [0.25, 0.3) is 0 Å².